The topological polar surface area (TPSA) is 24.9 Å². The molecule has 1 heterocycles. The lowest BCUT2D eigenvalue weighted by molar-refractivity contribution is 0.227. The lowest BCUT2D eigenvalue weighted by Crippen LogP contribution is -2.44. The van der Waals surface area contributed by atoms with Crippen molar-refractivity contribution in [3.05, 3.63) is 15.6 Å². The number of fused-ring (bicyclic) bond motifs is 1. The van der Waals surface area contributed by atoms with Gasteiger partial charge < -0.3 is 5.32 Å². The van der Waals surface area contributed by atoms with Crippen molar-refractivity contribution in [3.63, 3.8) is 0 Å². The molecular weight excluding hydrogens is 276 g/mol. The van der Waals surface area contributed by atoms with Crippen molar-refractivity contribution < 1.29 is 0 Å². The Kier molecular flexibility index (Phi) is 5.84. The molecule has 1 N–H and O–H groups in total. The number of nitrogens with one attached hydrogen (secondary N) is 1. The first-order valence-electron chi connectivity index (χ1n) is 8.71. The molecule has 0 unspecified atom stereocenters. The molecule has 0 saturated carbocycles. The molecule has 1 aliphatic rings. The number of nitrogens with zero attached hydrogens (tertiary/aromatic N) is 1. The largest absolute Gasteiger partial charge is 0.306 e. The molecule has 0 spiro atoms. The molecule has 0 radical (unpaired) electrons. The molecule has 1 aromatic rings. The summed E-state index contributed by atoms with van der Waals surface area (Å²) in [7, 11) is 0. The van der Waals surface area contributed by atoms with E-state index in [0.29, 0.717) is 11.8 Å². The van der Waals surface area contributed by atoms with Gasteiger partial charge in [0, 0.05) is 4.88 Å². The van der Waals surface area contributed by atoms with Gasteiger partial charge in [0.05, 0.1) is 11.2 Å². The third-order valence-electron chi connectivity index (χ3n) is 4.28. The molecule has 120 valence electrons. The highest BCUT2D eigenvalue weighted by molar-refractivity contribution is 7.11. The van der Waals surface area contributed by atoms with Gasteiger partial charge in [0.2, 0.25) is 0 Å². The number of hydrogen-bond donors (Lipinski definition) is 1. The Bertz CT molecular complexity index is 415. The van der Waals surface area contributed by atoms with Crippen LogP contribution in [0.5, 0.6) is 0 Å². The van der Waals surface area contributed by atoms with E-state index < -0.39 is 0 Å². The van der Waals surface area contributed by atoms with Gasteiger partial charge in [-0.2, -0.15) is 0 Å². The molecule has 0 amide bonds. The molecule has 21 heavy (non-hydrogen) atoms. The quantitative estimate of drug-likeness (QED) is 0.773. The standard InChI is InChI=1S/C18H32N2S/c1-6-19-18(11-13(2)3,12-14(4)5)17-20-15-9-7-8-10-16(15)21-17/h13-14,19H,6-12H2,1-5H3. The minimum Gasteiger partial charge on any atom is -0.306 e. The van der Waals surface area contributed by atoms with E-state index in [1.807, 2.05) is 11.3 Å². The monoisotopic (exact) mass is 308 g/mol. The Morgan fingerprint density at radius 2 is 1.71 bits per heavy atom. The maximum Gasteiger partial charge on any atom is 0.113 e. The van der Waals surface area contributed by atoms with Crippen LogP contribution in [0, 0.1) is 11.8 Å². The molecular formula is C18H32N2S. The minimum absolute atomic E-state index is 0.0824. The Balaban J connectivity index is 2.38. The van der Waals surface area contributed by atoms with Gasteiger partial charge in [0.15, 0.2) is 0 Å². The van der Waals surface area contributed by atoms with Gasteiger partial charge >= 0.3 is 0 Å². The predicted molar refractivity (Wildman–Crippen MR) is 93.0 cm³/mol. The van der Waals surface area contributed by atoms with Crippen molar-refractivity contribution in [3.8, 4) is 0 Å². The molecule has 2 nitrogen and oxygen atoms in total. The van der Waals surface area contributed by atoms with Crippen LogP contribution in [0.2, 0.25) is 0 Å². The fourth-order valence-electron chi connectivity index (χ4n) is 3.77. The van der Waals surface area contributed by atoms with Crippen molar-refractivity contribution in [2.24, 2.45) is 11.8 Å². The highest BCUT2D eigenvalue weighted by Crippen LogP contribution is 2.39. The number of aromatic nitrogens is 1. The van der Waals surface area contributed by atoms with Crippen LogP contribution < -0.4 is 5.32 Å². The molecule has 3 heteroatoms. The van der Waals surface area contributed by atoms with E-state index in [1.165, 1.54) is 49.2 Å². The second-order valence-corrected chi connectivity index (χ2v) is 8.49. The first kappa shape index (κ1) is 17.0. The van der Waals surface area contributed by atoms with E-state index in [2.05, 4.69) is 39.9 Å². The summed E-state index contributed by atoms with van der Waals surface area (Å²) in [6.07, 6.45) is 7.47. The van der Waals surface area contributed by atoms with Crippen molar-refractivity contribution in [1.82, 2.24) is 10.3 Å². The number of hydrogen-bond acceptors (Lipinski definition) is 3. The summed E-state index contributed by atoms with van der Waals surface area (Å²) in [6, 6.07) is 0. The summed E-state index contributed by atoms with van der Waals surface area (Å²) in [5.41, 5.74) is 1.48. The molecule has 0 fully saturated rings. The van der Waals surface area contributed by atoms with Crippen LogP contribution in [0.3, 0.4) is 0 Å². The first-order chi connectivity index (χ1) is 9.97. The predicted octanol–water partition coefficient (Wildman–Crippen LogP) is 4.92. The van der Waals surface area contributed by atoms with Gasteiger partial charge in [-0.25, -0.2) is 4.98 Å². The number of thiazole rings is 1. The molecule has 0 bridgehead atoms. The normalized spacial score (nSPS) is 15.8. The van der Waals surface area contributed by atoms with Gasteiger partial charge in [-0.1, -0.05) is 34.6 Å². The Hall–Kier alpha value is -0.410. The zero-order chi connectivity index (χ0) is 15.5. The van der Waals surface area contributed by atoms with E-state index in [-0.39, 0.29) is 5.54 Å². The minimum atomic E-state index is 0.0824. The van der Waals surface area contributed by atoms with E-state index in [0.717, 1.165) is 6.54 Å². The summed E-state index contributed by atoms with van der Waals surface area (Å²) in [5, 5.41) is 5.19. The van der Waals surface area contributed by atoms with Crippen LogP contribution in [-0.4, -0.2) is 11.5 Å². The maximum absolute atomic E-state index is 5.10. The third-order valence-corrected chi connectivity index (χ3v) is 5.65. The lowest BCUT2D eigenvalue weighted by Gasteiger charge is -2.36. The van der Waals surface area contributed by atoms with Crippen LogP contribution in [0.25, 0.3) is 0 Å². The van der Waals surface area contributed by atoms with Gasteiger partial charge in [-0.15, -0.1) is 11.3 Å². The Morgan fingerprint density at radius 1 is 1.10 bits per heavy atom. The van der Waals surface area contributed by atoms with Crippen LogP contribution in [0.1, 0.15) is 75.9 Å². The molecule has 0 saturated heterocycles. The molecule has 1 aromatic heterocycles. The first-order valence-corrected chi connectivity index (χ1v) is 9.52. The van der Waals surface area contributed by atoms with Crippen LogP contribution in [0.4, 0.5) is 0 Å². The molecule has 0 atom stereocenters. The van der Waals surface area contributed by atoms with Crippen molar-refractivity contribution in [2.75, 3.05) is 6.54 Å². The van der Waals surface area contributed by atoms with Gasteiger partial charge in [-0.05, 0) is 56.9 Å². The maximum atomic E-state index is 5.10. The summed E-state index contributed by atoms with van der Waals surface area (Å²) >= 11 is 1.99. The fourth-order valence-corrected chi connectivity index (χ4v) is 5.10. The second kappa shape index (κ2) is 7.23. The van der Waals surface area contributed by atoms with Crippen LogP contribution >= 0.6 is 11.3 Å². The summed E-state index contributed by atoms with van der Waals surface area (Å²) in [4.78, 5) is 6.67. The highest BCUT2D eigenvalue weighted by Gasteiger charge is 2.36. The average molecular weight is 309 g/mol. The summed E-state index contributed by atoms with van der Waals surface area (Å²) in [5.74, 6) is 1.37. The SMILES string of the molecule is CCNC(CC(C)C)(CC(C)C)c1nc2c(s1)CCCC2. The summed E-state index contributed by atoms with van der Waals surface area (Å²) in [6.45, 7) is 12.6. The van der Waals surface area contributed by atoms with Crippen LogP contribution in [-0.2, 0) is 18.4 Å². The van der Waals surface area contributed by atoms with E-state index in [4.69, 9.17) is 4.98 Å². The van der Waals surface area contributed by atoms with Gasteiger partial charge in [0.1, 0.15) is 5.01 Å². The third kappa shape index (κ3) is 4.07. The van der Waals surface area contributed by atoms with Gasteiger partial charge in [0.25, 0.3) is 0 Å². The van der Waals surface area contributed by atoms with Crippen LogP contribution in [0.15, 0.2) is 0 Å². The van der Waals surface area contributed by atoms with Crippen molar-refractivity contribution >= 4 is 11.3 Å². The van der Waals surface area contributed by atoms with Gasteiger partial charge in [-0.3, -0.25) is 0 Å². The molecule has 0 aromatic carbocycles. The van der Waals surface area contributed by atoms with Crippen molar-refractivity contribution in [1.29, 1.82) is 0 Å². The highest BCUT2D eigenvalue weighted by atomic mass is 32.1. The van der Waals surface area contributed by atoms with E-state index in [9.17, 15) is 0 Å². The van der Waals surface area contributed by atoms with Crippen molar-refractivity contribution in [2.45, 2.75) is 78.7 Å². The lowest BCUT2D eigenvalue weighted by atomic mass is 9.82. The molecule has 2 rings (SSSR count). The Labute approximate surface area is 134 Å². The summed E-state index contributed by atoms with van der Waals surface area (Å²) < 4.78 is 0. The van der Waals surface area contributed by atoms with E-state index in [1.54, 1.807) is 4.88 Å². The molecule has 1 aliphatic carbocycles. The molecule has 0 aliphatic heterocycles. The fraction of sp³-hybridized carbons (Fsp3) is 0.833. The zero-order valence-corrected chi connectivity index (χ0v) is 15.3. The average Bonchev–Trinajstić information content (AvgIpc) is 2.81. The smallest absolute Gasteiger partial charge is 0.113 e. The van der Waals surface area contributed by atoms with E-state index >= 15 is 0 Å². The number of rotatable bonds is 7. The Morgan fingerprint density at radius 3 is 2.24 bits per heavy atom. The second-order valence-electron chi connectivity index (χ2n) is 7.40. The number of aryl methyl sites for hydroxylation is 2. The zero-order valence-electron chi connectivity index (χ0n) is 14.5.